The maximum atomic E-state index is 12.0. The Bertz CT molecular complexity index is 881. The van der Waals surface area contributed by atoms with E-state index in [4.69, 9.17) is 5.73 Å². The second-order valence-electron chi connectivity index (χ2n) is 5.50. The number of benzene rings is 1. The number of carboxylic acids is 2. The van der Waals surface area contributed by atoms with Gasteiger partial charge in [0.2, 0.25) is 0 Å². The lowest BCUT2D eigenvalue weighted by Crippen LogP contribution is -2.24. The van der Waals surface area contributed by atoms with Crippen molar-refractivity contribution in [3.8, 4) is 11.1 Å². The fraction of sp³-hybridized carbons (Fsp3) is 0.188. The van der Waals surface area contributed by atoms with Crippen molar-refractivity contribution in [1.82, 2.24) is 4.98 Å². The smallest absolute Gasteiger partial charge is 0.342 e. The van der Waals surface area contributed by atoms with Crippen LogP contribution in [0.15, 0.2) is 29.1 Å². The molecule has 23 heavy (non-hydrogen) atoms. The summed E-state index contributed by atoms with van der Waals surface area (Å²) in [5, 5.41) is 18.7. The summed E-state index contributed by atoms with van der Waals surface area (Å²) in [5.41, 5.74) is 4.86. The molecule has 7 heteroatoms. The van der Waals surface area contributed by atoms with E-state index < -0.39 is 28.6 Å². The molecular weight excluding hydrogens is 300 g/mol. The molecule has 118 valence electrons. The first-order valence-corrected chi connectivity index (χ1v) is 7.02. The summed E-state index contributed by atoms with van der Waals surface area (Å²) < 4.78 is 0. The van der Waals surface area contributed by atoms with Crippen molar-refractivity contribution in [3.05, 3.63) is 51.3 Å². The predicted molar refractivity (Wildman–Crippen MR) is 82.8 cm³/mol. The molecular formula is C16H14N2O5. The van der Waals surface area contributed by atoms with Crippen molar-refractivity contribution in [2.24, 2.45) is 0 Å². The number of nitrogens with one attached hydrogen (secondary N) is 1. The number of carboxylic acid groups (broad SMARTS) is 2. The zero-order valence-corrected chi connectivity index (χ0v) is 12.0. The molecule has 3 rings (SSSR count). The largest absolute Gasteiger partial charge is 0.478 e. The van der Waals surface area contributed by atoms with E-state index in [-0.39, 0.29) is 11.4 Å². The van der Waals surface area contributed by atoms with Crippen molar-refractivity contribution in [1.29, 1.82) is 0 Å². The van der Waals surface area contributed by atoms with Gasteiger partial charge >= 0.3 is 11.9 Å². The number of nitrogens with two attached hydrogens (primary N) is 1. The highest BCUT2D eigenvalue weighted by Crippen LogP contribution is 2.41. The van der Waals surface area contributed by atoms with Crippen LogP contribution >= 0.6 is 0 Å². The Balaban J connectivity index is 2.36. The van der Waals surface area contributed by atoms with Gasteiger partial charge in [0.05, 0.1) is 0 Å². The molecule has 0 bridgehead atoms. The minimum absolute atomic E-state index is 0.159. The van der Waals surface area contributed by atoms with Gasteiger partial charge in [-0.2, -0.15) is 0 Å². The second-order valence-corrected chi connectivity index (χ2v) is 5.50. The Hall–Kier alpha value is -3.09. The number of rotatable bonds is 4. The Labute approximate surface area is 130 Å². The van der Waals surface area contributed by atoms with E-state index in [2.05, 4.69) is 4.98 Å². The molecule has 1 saturated carbocycles. The minimum Gasteiger partial charge on any atom is -0.478 e. The van der Waals surface area contributed by atoms with Gasteiger partial charge in [-0.25, -0.2) is 9.59 Å². The highest BCUT2D eigenvalue weighted by Gasteiger charge is 2.28. The molecule has 0 spiro atoms. The number of aromatic carboxylic acids is 2. The lowest BCUT2D eigenvalue weighted by atomic mass is 9.93. The van der Waals surface area contributed by atoms with E-state index in [0.717, 1.165) is 18.4 Å². The molecule has 2 aromatic rings. The number of nitrogen functional groups attached to an aromatic ring is 1. The molecule has 0 atom stereocenters. The van der Waals surface area contributed by atoms with Gasteiger partial charge in [0, 0.05) is 5.56 Å². The Morgan fingerprint density at radius 3 is 2.35 bits per heavy atom. The summed E-state index contributed by atoms with van der Waals surface area (Å²) in [4.78, 5) is 37.1. The third-order valence-electron chi connectivity index (χ3n) is 3.90. The van der Waals surface area contributed by atoms with E-state index in [1.54, 1.807) is 18.2 Å². The topological polar surface area (TPSA) is 133 Å². The average Bonchev–Trinajstić information content (AvgIpc) is 3.30. The molecule has 1 aromatic heterocycles. The first-order chi connectivity index (χ1) is 10.9. The molecule has 0 aliphatic heterocycles. The van der Waals surface area contributed by atoms with E-state index in [1.165, 1.54) is 0 Å². The van der Waals surface area contributed by atoms with Crippen molar-refractivity contribution < 1.29 is 19.8 Å². The molecule has 1 aliphatic carbocycles. The van der Waals surface area contributed by atoms with E-state index in [9.17, 15) is 24.6 Å². The Kier molecular flexibility index (Phi) is 3.40. The lowest BCUT2D eigenvalue weighted by Gasteiger charge is -2.13. The highest BCUT2D eigenvalue weighted by atomic mass is 16.4. The van der Waals surface area contributed by atoms with Gasteiger partial charge in [-0.3, -0.25) is 4.79 Å². The van der Waals surface area contributed by atoms with Crippen LogP contribution in [-0.2, 0) is 0 Å². The normalized spacial score (nSPS) is 13.7. The fourth-order valence-electron chi connectivity index (χ4n) is 2.70. The van der Waals surface area contributed by atoms with Crippen LogP contribution in [0.5, 0.6) is 0 Å². The minimum atomic E-state index is -1.50. The molecule has 1 fully saturated rings. The van der Waals surface area contributed by atoms with Crippen LogP contribution in [0.1, 0.15) is 45.0 Å². The first-order valence-electron chi connectivity index (χ1n) is 7.02. The zero-order valence-electron chi connectivity index (χ0n) is 12.0. The van der Waals surface area contributed by atoms with Gasteiger partial charge in [0.25, 0.3) is 5.56 Å². The van der Waals surface area contributed by atoms with Crippen LogP contribution in [-0.4, -0.2) is 27.1 Å². The number of hydrogen-bond donors (Lipinski definition) is 4. The van der Waals surface area contributed by atoms with Crippen LogP contribution in [0.25, 0.3) is 11.1 Å². The summed E-state index contributed by atoms with van der Waals surface area (Å²) in [7, 11) is 0. The third kappa shape index (κ3) is 2.57. The molecule has 1 aromatic carbocycles. The molecule has 0 amide bonds. The number of aromatic amines is 1. The predicted octanol–water partition coefficient (Wildman–Crippen LogP) is 1.90. The van der Waals surface area contributed by atoms with E-state index in [1.807, 2.05) is 6.07 Å². The zero-order chi connectivity index (χ0) is 16.7. The van der Waals surface area contributed by atoms with Crippen molar-refractivity contribution in [2.45, 2.75) is 18.8 Å². The molecule has 7 nitrogen and oxygen atoms in total. The molecule has 0 radical (unpaired) electrons. The molecule has 0 unspecified atom stereocenters. The van der Waals surface area contributed by atoms with Crippen molar-refractivity contribution in [2.75, 3.05) is 5.73 Å². The summed E-state index contributed by atoms with van der Waals surface area (Å²) >= 11 is 0. The SMILES string of the molecule is Nc1[nH]c(=O)c(C(=O)O)c(-c2cccc(C3CC3)c2)c1C(=O)O. The number of pyridine rings is 1. The van der Waals surface area contributed by atoms with Gasteiger partial charge in [-0.1, -0.05) is 24.3 Å². The number of H-pyrrole nitrogens is 1. The molecule has 1 aliphatic rings. The van der Waals surface area contributed by atoms with Crippen molar-refractivity contribution in [3.63, 3.8) is 0 Å². The van der Waals surface area contributed by atoms with Gasteiger partial charge < -0.3 is 20.9 Å². The van der Waals surface area contributed by atoms with Crippen LogP contribution < -0.4 is 11.3 Å². The first kappa shape index (κ1) is 14.8. The van der Waals surface area contributed by atoms with Crippen LogP contribution in [0.3, 0.4) is 0 Å². The Morgan fingerprint density at radius 2 is 1.78 bits per heavy atom. The number of carbonyl (C=O) groups is 2. The monoisotopic (exact) mass is 314 g/mol. The van der Waals surface area contributed by atoms with E-state index in [0.29, 0.717) is 11.5 Å². The summed E-state index contributed by atoms with van der Waals surface area (Å²) in [6.07, 6.45) is 2.08. The van der Waals surface area contributed by atoms with Gasteiger partial charge in [-0.15, -0.1) is 0 Å². The standard InChI is InChI=1S/C16H14N2O5/c17-13-11(15(20)21)10(12(16(22)23)14(19)18-13)9-3-1-2-8(6-9)7-4-5-7/h1-3,6-7H,4-5H2,(H,20,21)(H,22,23)(H3,17,18,19). The second kappa shape index (κ2) is 5.28. The van der Waals surface area contributed by atoms with Crippen molar-refractivity contribution >= 4 is 17.8 Å². The third-order valence-corrected chi connectivity index (χ3v) is 3.90. The highest BCUT2D eigenvalue weighted by molar-refractivity contribution is 6.07. The summed E-state index contributed by atoms with van der Waals surface area (Å²) in [6.45, 7) is 0. The van der Waals surface area contributed by atoms with Gasteiger partial charge in [0.15, 0.2) is 0 Å². The van der Waals surface area contributed by atoms with Gasteiger partial charge in [0.1, 0.15) is 16.9 Å². The quantitative estimate of drug-likeness (QED) is 0.681. The maximum absolute atomic E-state index is 12.0. The number of hydrogen-bond acceptors (Lipinski definition) is 4. The average molecular weight is 314 g/mol. The summed E-state index contributed by atoms with van der Waals surface area (Å²) in [5.74, 6) is -2.86. The maximum Gasteiger partial charge on any atom is 0.342 e. The summed E-state index contributed by atoms with van der Waals surface area (Å²) in [6, 6.07) is 6.93. The number of anilines is 1. The van der Waals surface area contributed by atoms with Crippen LogP contribution in [0, 0.1) is 0 Å². The molecule has 1 heterocycles. The molecule has 5 N–H and O–H groups in total. The molecule has 0 saturated heterocycles. The lowest BCUT2D eigenvalue weighted by molar-refractivity contribution is 0.0695. The van der Waals surface area contributed by atoms with Crippen LogP contribution in [0.4, 0.5) is 5.82 Å². The van der Waals surface area contributed by atoms with Gasteiger partial charge in [-0.05, 0) is 29.9 Å². The van der Waals surface area contributed by atoms with Crippen LogP contribution in [0.2, 0.25) is 0 Å². The van der Waals surface area contributed by atoms with E-state index >= 15 is 0 Å². The Morgan fingerprint density at radius 1 is 1.13 bits per heavy atom. The number of aromatic nitrogens is 1. The fourth-order valence-corrected chi connectivity index (χ4v) is 2.70.